The molecule has 1 heterocycles. The van der Waals surface area contributed by atoms with Gasteiger partial charge in [-0.05, 0) is 76.9 Å². The molecule has 1 fully saturated rings. The van der Waals surface area contributed by atoms with Gasteiger partial charge in [0.2, 0.25) is 35.4 Å². The molecule has 58 heavy (non-hydrogen) atoms. The SMILES string of the molecule is CNCCCC[C@@H]1NC(=O)CC(N)CC[C@@H](C(=O)NCC(=O)N[C@@H](CC(=O)O)C(N)=O)NC(=O)C(SC(=O)N[C@@H](Cc2ccccc2)C(=O)N[C@@H](C)C(C)=O)NC1=O. The fourth-order valence-electron chi connectivity index (χ4n) is 5.48. The van der Waals surface area contributed by atoms with E-state index in [1.165, 1.54) is 13.8 Å². The van der Waals surface area contributed by atoms with Gasteiger partial charge >= 0.3 is 5.97 Å². The molecular weight excluding hydrogens is 781 g/mol. The van der Waals surface area contributed by atoms with Gasteiger partial charge < -0.3 is 59.1 Å². The number of rotatable bonds is 19. The van der Waals surface area contributed by atoms with Crippen molar-refractivity contribution in [1.29, 1.82) is 0 Å². The van der Waals surface area contributed by atoms with Crippen LogP contribution in [0.4, 0.5) is 4.79 Å². The molecule has 2 rings (SSSR count). The number of nitrogens with two attached hydrogens (primary N) is 2. The Labute approximate surface area is 339 Å². The van der Waals surface area contributed by atoms with Crippen molar-refractivity contribution in [1.82, 2.24) is 42.5 Å². The molecule has 0 radical (unpaired) electrons. The third-order valence-corrected chi connectivity index (χ3v) is 9.70. The summed E-state index contributed by atoms with van der Waals surface area (Å²) < 4.78 is 0. The first-order valence-electron chi connectivity index (χ1n) is 18.6. The van der Waals surface area contributed by atoms with E-state index in [1.807, 2.05) is 0 Å². The van der Waals surface area contributed by atoms with E-state index < -0.39 is 107 Å². The zero-order chi connectivity index (χ0) is 43.4. The van der Waals surface area contributed by atoms with Crippen molar-refractivity contribution in [2.45, 2.75) is 107 Å². The molecule has 0 aliphatic carbocycles. The van der Waals surface area contributed by atoms with Gasteiger partial charge in [-0.15, -0.1) is 0 Å². The highest BCUT2D eigenvalue weighted by atomic mass is 32.2. The van der Waals surface area contributed by atoms with Crippen LogP contribution in [-0.4, -0.2) is 125 Å². The summed E-state index contributed by atoms with van der Waals surface area (Å²) in [7, 11) is 1.75. The van der Waals surface area contributed by atoms with Gasteiger partial charge in [0.1, 0.15) is 24.2 Å². The fourth-order valence-corrected chi connectivity index (χ4v) is 6.25. The van der Waals surface area contributed by atoms with Gasteiger partial charge in [-0.3, -0.25) is 47.9 Å². The molecule has 320 valence electrons. The van der Waals surface area contributed by atoms with E-state index in [1.54, 1.807) is 37.4 Å². The minimum absolute atomic E-state index is 0.0121. The molecule has 1 aromatic rings. The number of ketones is 1. The number of primary amides is 1. The first-order valence-corrected chi connectivity index (χ1v) is 19.5. The molecule has 13 N–H and O–H groups in total. The van der Waals surface area contributed by atoms with Gasteiger partial charge in [0, 0.05) is 18.9 Å². The first-order chi connectivity index (χ1) is 27.4. The third kappa shape index (κ3) is 18.1. The molecule has 1 aliphatic rings. The van der Waals surface area contributed by atoms with E-state index in [-0.39, 0.29) is 49.6 Å². The summed E-state index contributed by atoms with van der Waals surface area (Å²) in [4.78, 5) is 128. The van der Waals surface area contributed by atoms with Crippen LogP contribution in [0.5, 0.6) is 0 Å². The summed E-state index contributed by atoms with van der Waals surface area (Å²) in [5, 5.41) is 26.3. The molecule has 0 bridgehead atoms. The Balaban J connectivity index is 2.41. The molecular formula is C36H54N10O11S. The normalized spacial score (nSPS) is 20.4. The van der Waals surface area contributed by atoms with Crippen molar-refractivity contribution in [2.75, 3.05) is 20.1 Å². The second-order valence-electron chi connectivity index (χ2n) is 13.7. The predicted molar refractivity (Wildman–Crippen MR) is 210 cm³/mol. The van der Waals surface area contributed by atoms with Crippen LogP contribution in [0, 0.1) is 0 Å². The molecule has 0 aromatic heterocycles. The lowest BCUT2D eigenvalue weighted by Gasteiger charge is -2.25. The number of benzene rings is 1. The van der Waals surface area contributed by atoms with Crippen LogP contribution in [0.1, 0.15) is 64.4 Å². The Hall–Kier alpha value is -5.61. The Morgan fingerprint density at radius 1 is 0.914 bits per heavy atom. The standard InChI is InChI=1S/C36H54N10O11S/c1-19(20(2)47)41-33(55)26(15-21-9-5-4-6-10-21)45-36(57)58-35-34(56)44-24(31(53)40-18-28(49)43-25(30(38)52)17-29(50)51)13-12-22(37)16-27(48)42-23(32(54)46-35)11-7-8-14-39-3/h4-6,9-10,19,22-26,35,39H,7-8,11-18,37H2,1-3H3,(H2,38,52)(H,40,53)(H,41,55)(H,42,48)(H,43,49)(H,44,56)(H,45,57)(H,46,54)(H,50,51)/t19-,22?,23-,24-,25-,26-,35?/m0/s1. The second kappa shape index (κ2) is 24.9. The number of amides is 8. The number of unbranched alkanes of at least 4 members (excludes halogenated alkanes) is 1. The number of hydrogen-bond acceptors (Lipinski definition) is 13. The summed E-state index contributed by atoms with van der Waals surface area (Å²) in [6, 6.07) is 1.50. The highest BCUT2D eigenvalue weighted by molar-refractivity contribution is 8.14. The zero-order valence-corrected chi connectivity index (χ0v) is 33.4. The van der Waals surface area contributed by atoms with Gasteiger partial charge in [-0.25, -0.2) is 0 Å². The van der Waals surface area contributed by atoms with E-state index in [9.17, 15) is 47.9 Å². The Morgan fingerprint density at radius 2 is 1.60 bits per heavy atom. The quantitative estimate of drug-likeness (QED) is 0.0620. The summed E-state index contributed by atoms with van der Waals surface area (Å²) in [5.41, 5.74) is 12.0. The third-order valence-electron chi connectivity index (χ3n) is 8.80. The number of Topliss-reactive ketones (excluding diaryl/α,β-unsaturated/α-hetero) is 1. The summed E-state index contributed by atoms with van der Waals surface area (Å²) in [6.07, 6.45) is -0.000609. The number of carbonyl (C=O) groups excluding carboxylic acids is 9. The maximum Gasteiger partial charge on any atom is 0.305 e. The maximum atomic E-state index is 13.9. The van der Waals surface area contributed by atoms with Crippen molar-refractivity contribution >= 4 is 70.1 Å². The van der Waals surface area contributed by atoms with Gasteiger partial charge in [0.25, 0.3) is 11.1 Å². The lowest BCUT2D eigenvalue weighted by Crippen LogP contribution is -2.57. The van der Waals surface area contributed by atoms with Crippen LogP contribution in [0.2, 0.25) is 0 Å². The Morgan fingerprint density at radius 3 is 2.22 bits per heavy atom. The minimum Gasteiger partial charge on any atom is -0.481 e. The van der Waals surface area contributed by atoms with Crippen molar-refractivity contribution in [3.8, 4) is 0 Å². The number of aliphatic carboxylic acids is 1. The van der Waals surface area contributed by atoms with Gasteiger partial charge in [-0.2, -0.15) is 0 Å². The number of carbonyl (C=O) groups is 10. The number of carboxylic acids is 1. The zero-order valence-electron chi connectivity index (χ0n) is 32.6. The number of thioether (sulfide) groups is 1. The topological polar surface area (TPSA) is 339 Å². The number of carboxylic acid groups (broad SMARTS) is 1. The second-order valence-corrected chi connectivity index (χ2v) is 14.8. The molecule has 21 nitrogen and oxygen atoms in total. The van der Waals surface area contributed by atoms with Gasteiger partial charge in [-0.1, -0.05) is 30.3 Å². The van der Waals surface area contributed by atoms with Gasteiger partial charge in [0.05, 0.1) is 19.0 Å². The van der Waals surface area contributed by atoms with Crippen LogP contribution >= 0.6 is 11.8 Å². The fraction of sp³-hybridized carbons (Fsp3) is 0.556. The molecule has 0 saturated carbocycles. The first kappa shape index (κ1) is 48.5. The summed E-state index contributed by atoms with van der Waals surface area (Å²) >= 11 is 0.276. The van der Waals surface area contributed by atoms with E-state index in [0.717, 1.165) is 0 Å². The number of hydrogen-bond donors (Lipinski definition) is 11. The van der Waals surface area contributed by atoms with Gasteiger partial charge in [0.15, 0.2) is 11.2 Å². The highest BCUT2D eigenvalue weighted by Crippen LogP contribution is 2.16. The molecule has 22 heteroatoms. The molecule has 1 aliphatic heterocycles. The molecule has 0 spiro atoms. The van der Waals surface area contributed by atoms with E-state index >= 15 is 0 Å². The number of nitrogens with one attached hydrogen (secondary N) is 8. The van der Waals surface area contributed by atoms with E-state index in [4.69, 9.17) is 16.6 Å². The smallest absolute Gasteiger partial charge is 0.305 e. The van der Waals surface area contributed by atoms with E-state index in [2.05, 4.69) is 42.5 Å². The Bertz CT molecular complexity index is 1650. The van der Waals surface area contributed by atoms with Crippen molar-refractivity contribution in [3.63, 3.8) is 0 Å². The Kier molecular flexibility index (Phi) is 20.8. The highest BCUT2D eigenvalue weighted by Gasteiger charge is 2.34. The lowest BCUT2D eigenvalue weighted by atomic mass is 10.0. The lowest BCUT2D eigenvalue weighted by molar-refractivity contribution is -0.140. The van der Waals surface area contributed by atoms with Crippen molar-refractivity contribution in [2.24, 2.45) is 11.5 Å². The average Bonchev–Trinajstić information content (AvgIpc) is 3.15. The van der Waals surface area contributed by atoms with Crippen LogP contribution in [0.25, 0.3) is 0 Å². The summed E-state index contributed by atoms with van der Waals surface area (Å²) in [6.45, 7) is 2.60. The molecule has 7 atom stereocenters. The van der Waals surface area contributed by atoms with Crippen molar-refractivity contribution < 1.29 is 53.1 Å². The molecule has 8 amide bonds. The largest absolute Gasteiger partial charge is 0.481 e. The predicted octanol–water partition coefficient (Wildman–Crippen LogP) is -2.99. The molecule has 1 saturated heterocycles. The van der Waals surface area contributed by atoms with Crippen molar-refractivity contribution in [3.05, 3.63) is 35.9 Å². The van der Waals surface area contributed by atoms with Crippen LogP contribution in [0.15, 0.2) is 30.3 Å². The monoisotopic (exact) mass is 834 g/mol. The van der Waals surface area contributed by atoms with Crippen LogP contribution in [0.3, 0.4) is 0 Å². The molecule has 1 aromatic carbocycles. The average molecular weight is 835 g/mol. The minimum atomic E-state index is -1.75. The summed E-state index contributed by atoms with van der Waals surface area (Å²) in [5.74, 6) is -7.96. The van der Waals surface area contributed by atoms with Crippen LogP contribution in [-0.2, 0) is 49.6 Å². The maximum absolute atomic E-state index is 13.9. The van der Waals surface area contributed by atoms with Crippen LogP contribution < -0.4 is 54.0 Å². The van der Waals surface area contributed by atoms with E-state index in [0.29, 0.717) is 24.9 Å². The molecule has 2 unspecified atom stereocenters.